The molecule has 0 bridgehead atoms. The molecule has 0 spiro atoms. The van der Waals surface area contributed by atoms with Crippen molar-refractivity contribution in [1.29, 1.82) is 0 Å². The van der Waals surface area contributed by atoms with Gasteiger partial charge in [0.15, 0.2) is 0 Å². The molecule has 9 rings (SSSR count). The molecule has 0 aromatic heterocycles. The minimum Gasteiger partial charge on any atom is -0.508 e. The summed E-state index contributed by atoms with van der Waals surface area (Å²) in [7, 11) is 0. The molecule has 5 aromatic carbocycles. The zero-order chi connectivity index (χ0) is 38.2. The van der Waals surface area contributed by atoms with Crippen LogP contribution in [0, 0.1) is 29.5 Å². The lowest BCUT2D eigenvalue weighted by molar-refractivity contribution is -0.141. The van der Waals surface area contributed by atoms with Gasteiger partial charge in [-0.1, -0.05) is 77.8 Å². The van der Waals surface area contributed by atoms with Crippen LogP contribution in [0.1, 0.15) is 35.4 Å². The SMILES string of the molecule is O=C1C2CC=C3C(CC4C(=O)N(Nc5ccc(F)cc5)C(=O)C4(c4ccc(Cl)cc4)C3c3ccc(O)c4ccccc34)C2C(=O)N1CCc1ccc(O)cc1. The Morgan fingerprint density at radius 1 is 0.782 bits per heavy atom. The molecule has 2 aliphatic carbocycles. The summed E-state index contributed by atoms with van der Waals surface area (Å²) in [4.78, 5) is 60.3. The van der Waals surface area contributed by atoms with Gasteiger partial charge in [-0.3, -0.25) is 29.5 Å². The van der Waals surface area contributed by atoms with Crippen LogP contribution in [0.5, 0.6) is 11.5 Å². The molecule has 5 aromatic rings. The second kappa shape index (κ2) is 13.1. The minimum absolute atomic E-state index is 0.0516. The number of halogens is 2. The van der Waals surface area contributed by atoms with E-state index in [1.165, 1.54) is 29.2 Å². The van der Waals surface area contributed by atoms with Gasteiger partial charge in [0.2, 0.25) is 11.8 Å². The number of imide groups is 2. The Kier molecular flexibility index (Phi) is 8.27. The highest BCUT2D eigenvalue weighted by molar-refractivity contribution is 6.30. The third-order valence-electron chi connectivity index (χ3n) is 12.2. The number of benzene rings is 5. The lowest BCUT2D eigenvalue weighted by Crippen LogP contribution is -2.53. The summed E-state index contributed by atoms with van der Waals surface area (Å²) in [5.41, 5.74) is 4.64. The van der Waals surface area contributed by atoms with Crippen LogP contribution >= 0.6 is 11.6 Å². The van der Waals surface area contributed by atoms with Crippen LogP contribution in [0.25, 0.3) is 10.8 Å². The Hall–Kier alpha value is -6.00. The van der Waals surface area contributed by atoms with Crippen LogP contribution in [0.3, 0.4) is 0 Å². The fourth-order valence-corrected chi connectivity index (χ4v) is 9.87. The van der Waals surface area contributed by atoms with Crippen molar-refractivity contribution in [1.82, 2.24) is 9.91 Å². The number of aromatic hydroxyl groups is 2. The molecular weight excluding hydrogens is 721 g/mol. The van der Waals surface area contributed by atoms with Crippen molar-refractivity contribution >= 4 is 51.7 Å². The molecule has 55 heavy (non-hydrogen) atoms. The summed E-state index contributed by atoms with van der Waals surface area (Å²) in [5.74, 6) is -5.70. The molecule has 0 radical (unpaired) electrons. The average molecular weight is 756 g/mol. The second-order valence-electron chi connectivity index (χ2n) is 14.8. The van der Waals surface area contributed by atoms with Crippen molar-refractivity contribution in [3.05, 3.63) is 148 Å². The van der Waals surface area contributed by atoms with Crippen molar-refractivity contribution in [2.45, 2.75) is 30.6 Å². The summed E-state index contributed by atoms with van der Waals surface area (Å²) in [6.07, 6.45) is 2.78. The van der Waals surface area contributed by atoms with E-state index in [9.17, 15) is 29.0 Å². The average Bonchev–Trinajstić information content (AvgIpc) is 3.56. The first-order chi connectivity index (χ1) is 26.6. The zero-order valence-electron chi connectivity index (χ0n) is 29.4. The highest BCUT2D eigenvalue weighted by Gasteiger charge is 2.70. The Morgan fingerprint density at radius 3 is 2.22 bits per heavy atom. The maximum atomic E-state index is 15.4. The third-order valence-corrected chi connectivity index (χ3v) is 12.4. The molecule has 6 atom stereocenters. The number of nitrogens with one attached hydrogen (secondary N) is 1. The molecule has 2 saturated heterocycles. The molecule has 3 N–H and O–H groups in total. The third kappa shape index (κ3) is 5.33. The van der Waals surface area contributed by atoms with Crippen molar-refractivity contribution in [3.8, 4) is 11.5 Å². The summed E-state index contributed by atoms with van der Waals surface area (Å²) in [6.45, 7) is 0.161. The number of carbonyl (C=O) groups excluding carboxylic acids is 4. The van der Waals surface area contributed by atoms with Crippen molar-refractivity contribution in [2.24, 2.45) is 23.7 Å². The predicted molar refractivity (Wildman–Crippen MR) is 203 cm³/mol. The molecule has 6 unspecified atom stereocenters. The fraction of sp³-hybridized carbons (Fsp3) is 0.227. The molecule has 2 aliphatic heterocycles. The van der Waals surface area contributed by atoms with Crippen LogP contribution in [0.4, 0.5) is 10.1 Å². The number of phenols is 2. The van der Waals surface area contributed by atoms with E-state index in [1.807, 2.05) is 24.3 Å². The first-order valence-corrected chi connectivity index (χ1v) is 18.7. The number of phenolic OH excluding ortho intramolecular Hbond substituents is 2. The van der Waals surface area contributed by atoms with Crippen LogP contribution in [0.2, 0.25) is 5.02 Å². The number of likely N-dealkylation sites (tertiary alicyclic amines) is 1. The first-order valence-electron chi connectivity index (χ1n) is 18.3. The summed E-state index contributed by atoms with van der Waals surface area (Å²) >= 11 is 6.41. The Morgan fingerprint density at radius 2 is 1.49 bits per heavy atom. The summed E-state index contributed by atoms with van der Waals surface area (Å²) < 4.78 is 13.9. The van der Waals surface area contributed by atoms with E-state index in [0.717, 1.165) is 16.1 Å². The largest absolute Gasteiger partial charge is 0.508 e. The number of allylic oxidation sites excluding steroid dienone is 2. The molecule has 1 saturated carbocycles. The van der Waals surface area contributed by atoms with Gasteiger partial charge in [0.1, 0.15) is 17.3 Å². The van der Waals surface area contributed by atoms with Crippen molar-refractivity contribution < 1.29 is 33.8 Å². The van der Waals surface area contributed by atoms with Gasteiger partial charge in [-0.15, -0.1) is 0 Å². The van der Waals surface area contributed by atoms with E-state index in [4.69, 9.17) is 11.6 Å². The van der Waals surface area contributed by atoms with E-state index < -0.39 is 52.6 Å². The predicted octanol–water partition coefficient (Wildman–Crippen LogP) is 7.27. The molecule has 276 valence electrons. The molecule has 3 fully saturated rings. The van der Waals surface area contributed by atoms with Gasteiger partial charge in [0, 0.05) is 22.9 Å². The minimum atomic E-state index is -1.55. The molecule has 4 aliphatic rings. The quantitative estimate of drug-likeness (QED) is 0.118. The number of nitrogens with zero attached hydrogens (tertiary/aromatic N) is 2. The monoisotopic (exact) mass is 755 g/mol. The smallest absolute Gasteiger partial charge is 0.260 e. The van der Waals surface area contributed by atoms with E-state index in [0.29, 0.717) is 39.0 Å². The zero-order valence-corrected chi connectivity index (χ0v) is 30.1. The number of hydrogen-bond donors (Lipinski definition) is 3. The number of hydrogen-bond acceptors (Lipinski definition) is 7. The van der Waals surface area contributed by atoms with E-state index in [1.54, 1.807) is 66.7 Å². The summed E-state index contributed by atoms with van der Waals surface area (Å²) in [6, 6.07) is 29.6. The van der Waals surface area contributed by atoms with Crippen LogP contribution in [-0.4, -0.2) is 50.3 Å². The number of amides is 4. The molecule has 4 amide bonds. The molecule has 11 heteroatoms. The normalized spacial score (nSPS) is 25.9. The highest BCUT2D eigenvalue weighted by atomic mass is 35.5. The maximum absolute atomic E-state index is 15.4. The second-order valence-corrected chi connectivity index (χ2v) is 15.3. The first kappa shape index (κ1) is 34.7. The number of rotatable bonds is 7. The Bertz CT molecular complexity index is 2440. The molecule has 2 heterocycles. The van der Waals surface area contributed by atoms with Gasteiger partial charge in [0.25, 0.3) is 11.8 Å². The van der Waals surface area contributed by atoms with Crippen LogP contribution < -0.4 is 5.43 Å². The lowest BCUT2D eigenvalue weighted by atomic mass is 9.49. The molecular formula is C44H35ClFN3O6. The van der Waals surface area contributed by atoms with Crippen LogP contribution in [-0.2, 0) is 31.0 Å². The van der Waals surface area contributed by atoms with Crippen molar-refractivity contribution in [2.75, 3.05) is 12.0 Å². The van der Waals surface area contributed by atoms with Gasteiger partial charge in [-0.05, 0) is 102 Å². The van der Waals surface area contributed by atoms with Crippen LogP contribution in [0.15, 0.2) is 121 Å². The summed E-state index contributed by atoms with van der Waals surface area (Å²) in [5, 5.41) is 23.5. The number of anilines is 1. The molecule has 9 nitrogen and oxygen atoms in total. The van der Waals surface area contributed by atoms with Gasteiger partial charge < -0.3 is 10.2 Å². The number of hydrazine groups is 1. The Balaban J connectivity index is 1.22. The van der Waals surface area contributed by atoms with Gasteiger partial charge in [-0.25, -0.2) is 4.39 Å². The van der Waals surface area contributed by atoms with E-state index in [-0.39, 0.29) is 42.7 Å². The standard InChI is InChI=1S/C44H35ClFN3O6/c45-26-9-7-25(8-10-26)44-36(41(53)49(43(44)55)47-28-13-11-27(46)12-14-28)23-35-33(39(44)32-19-20-37(51)31-4-2-1-3-30(31)32)17-18-34-38(35)42(54)48(40(34)52)22-21-24-5-15-29(50)16-6-24/h1-17,19-20,34-36,38-39,47,50-51H,18,21-23H2. The highest BCUT2D eigenvalue weighted by Crippen LogP contribution is 2.64. The fourth-order valence-electron chi connectivity index (χ4n) is 9.75. The van der Waals surface area contributed by atoms with E-state index in [2.05, 4.69) is 5.43 Å². The van der Waals surface area contributed by atoms with Gasteiger partial charge >= 0.3 is 0 Å². The van der Waals surface area contributed by atoms with Gasteiger partial charge in [0.05, 0.1) is 28.9 Å². The van der Waals surface area contributed by atoms with Gasteiger partial charge in [-0.2, -0.15) is 5.01 Å². The Labute approximate surface area is 320 Å². The van der Waals surface area contributed by atoms with Crippen molar-refractivity contribution in [3.63, 3.8) is 0 Å². The van der Waals surface area contributed by atoms with E-state index >= 15 is 4.79 Å². The number of carbonyl (C=O) groups is 4. The lowest BCUT2D eigenvalue weighted by Gasteiger charge is -2.51. The number of fused-ring (bicyclic) bond motifs is 5. The maximum Gasteiger partial charge on any atom is 0.260 e. The topological polar surface area (TPSA) is 127 Å².